The minimum absolute atomic E-state index is 0.634. The average Bonchev–Trinajstić information content (AvgIpc) is 1.88. The van der Waals surface area contributed by atoms with E-state index in [1.165, 1.54) is 0 Å². The van der Waals surface area contributed by atoms with Gasteiger partial charge in [-0.05, 0) is 17.2 Å². The van der Waals surface area contributed by atoms with Crippen LogP contribution >= 0.6 is 0 Å². The number of nitrogens with zero attached hydrogens (tertiary/aromatic N) is 2. The van der Waals surface area contributed by atoms with E-state index in [2.05, 4.69) is 10.9 Å². The maximum Gasteiger partial charge on any atom is 0.176 e. The number of rotatable bonds is 2. The van der Waals surface area contributed by atoms with Gasteiger partial charge in [0.15, 0.2) is 5.03 Å². The quantitative estimate of drug-likeness (QED) is 0.322. The summed E-state index contributed by atoms with van der Waals surface area (Å²) in [6.07, 6.45) is 0.968. The molecule has 1 fully saturated rings. The molecule has 0 spiro atoms. The molecule has 1 rings (SSSR count). The molecule has 0 bridgehead atoms. The van der Waals surface area contributed by atoms with Gasteiger partial charge in [-0.2, -0.15) is 0 Å². The molecule has 0 unspecified atom stereocenters. The van der Waals surface area contributed by atoms with Gasteiger partial charge in [0.2, 0.25) is 0 Å². The molecule has 0 aromatic rings. The predicted octanol–water partition coefficient (Wildman–Crippen LogP) is -1.60. The van der Waals surface area contributed by atoms with E-state index in [1.807, 2.05) is 5.53 Å². The Morgan fingerprint density at radius 3 is 2.60 bits per heavy atom. The van der Waals surface area contributed by atoms with Crippen LogP contribution in [0.1, 0.15) is 6.42 Å². The van der Waals surface area contributed by atoms with Gasteiger partial charge >= 0.3 is 0 Å². The first-order valence-corrected chi connectivity index (χ1v) is 2.97. The molecule has 0 saturated carbocycles. The molecule has 7 heteroatoms. The normalized spacial score (nSPS) is 20.4. The summed E-state index contributed by atoms with van der Waals surface area (Å²) in [5.41, 5.74) is 7.35. The minimum atomic E-state index is -0.634. The van der Waals surface area contributed by atoms with E-state index in [4.69, 9.17) is 0 Å². The van der Waals surface area contributed by atoms with Crippen LogP contribution in [0.5, 0.6) is 0 Å². The van der Waals surface area contributed by atoms with Gasteiger partial charge in [0.25, 0.3) is 0 Å². The number of nitrogens with one attached hydrogen (secondary N) is 3. The lowest BCUT2D eigenvalue weighted by atomic mass is 10.4. The number of nitro groups is 1. The maximum absolute atomic E-state index is 9.84. The fraction of sp³-hybridized carbons (Fsp3) is 1.00. The molecule has 0 aromatic carbocycles. The lowest BCUT2D eigenvalue weighted by Crippen LogP contribution is -2.61. The van der Waals surface area contributed by atoms with Crippen molar-refractivity contribution in [3.05, 3.63) is 10.1 Å². The second-order valence-electron chi connectivity index (χ2n) is 1.86. The third-order valence-electron chi connectivity index (χ3n) is 1.08. The molecule has 0 aliphatic carbocycles. The van der Waals surface area contributed by atoms with Gasteiger partial charge in [-0.15, -0.1) is 0 Å². The second kappa shape index (κ2) is 3.30. The lowest BCUT2D eigenvalue weighted by Gasteiger charge is -2.23. The van der Waals surface area contributed by atoms with Crippen molar-refractivity contribution in [2.45, 2.75) is 6.42 Å². The van der Waals surface area contributed by atoms with Crippen molar-refractivity contribution in [3.8, 4) is 0 Å². The maximum atomic E-state index is 9.84. The summed E-state index contributed by atoms with van der Waals surface area (Å²) in [6, 6.07) is 0. The highest BCUT2D eigenvalue weighted by Crippen LogP contribution is 1.81. The molecule has 1 heterocycles. The van der Waals surface area contributed by atoms with Crippen LogP contribution in [0.15, 0.2) is 0 Å². The Hall–Kier alpha value is -0.920. The van der Waals surface area contributed by atoms with Gasteiger partial charge in [0.1, 0.15) is 0 Å². The zero-order chi connectivity index (χ0) is 7.40. The first-order chi connectivity index (χ1) is 4.79. The van der Waals surface area contributed by atoms with Crippen molar-refractivity contribution < 1.29 is 5.03 Å². The van der Waals surface area contributed by atoms with Crippen molar-refractivity contribution in [3.63, 3.8) is 0 Å². The van der Waals surface area contributed by atoms with Crippen LogP contribution in [0, 0.1) is 10.1 Å². The SMILES string of the molecule is O=[N+]([O-])NN1NCCCN1. The zero-order valence-electron chi connectivity index (χ0n) is 5.33. The molecule has 58 valence electrons. The molecule has 1 aliphatic heterocycles. The van der Waals surface area contributed by atoms with Crippen LogP contribution in [-0.2, 0) is 0 Å². The zero-order valence-corrected chi connectivity index (χ0v) is 5.33. The molecule has 10 heavy (non-hydrogen) atoms. The standard InChI is InChI=1S/C3H9N5O2/c9-8(10)6-7-4-2-1-3-5-7/h4-6H,1-3H2. The van der Waals surface area contributed by atoms with Gasteiger partial charge < -0.3 is 0 Å². The van der Waals surface area contributed by atoms with Gasteiger partial charge in [0, 0.05) is 13.1 Å². The summed E-state index contributed by atoms with van der Waals surface area (Å²) in [7, 11) is 0. The number of hydrazine groups is 4. The van der Waals surface area contributed by atoms with Crippen LogP contribution < -0.4 is 16.4 Å². The van der Waals surface area contributed by atoms with Crippen molar-refractivity contribution >= 4 is 0 Å². The third kappa shape index (κ3) is 2.13. The van der Waals surface area contributed by atoms with Crippen molar-refractivity contribution in [2.24, 2.45) is 0 Å². The van der Waals surface area contributed by atoms with Crippen LogP contribution in [0.2, 0.25) is 0 Å². The topological polar surface area (TPSA) is 82.5 Å². The highest BCUT2D eigenvalue weighted by Gasteiger charge is 2.10. The van der Waals surface area contributed by atoms with E-state index >= 15 is 0 Å². The molecule has 1 aliphatic rings. The number of hydrogen-bond donors (Lipinski definition) is 3. The van der Waals surface area contributed by atoms with Crippen LogP contribution in [0.4, 0.5) is 0 Å². The predicted molar refractivity (Wildman–Crippen MR) is 32.6 cm³/mol. The average molecular weight is 147 g/mol. The van der Waals surface area contributed by atoms with Gasteiger partial charge in [-0.1, -0.05) is 0 Å². The van der Waals surface area contributed by atoms with Gasteiger partial charge in [-0.3, -0.25) is 0 Å². The smallest absolute Gasteiger partial charge is 0.176 e. The van der Waals surface area contributed by atoms with Crippen molar-refractivity contribution in [2.75, 3.05) is 13.1 Å². The Bertz CT molecular complexity index is 122. The van der Waals surface area contributed by atoms with E-state index in [-0.39, 0.29) is 0 Å². The lowest BCUT2D eigenvalue weighted by molar-refractivity contribution is -0.587. The minimum Gasteiger partial charge on any atom is -0.234 e. The summed E-state index contributed by atoms with van der Waals surface area (Å²) >= 11 is 0. The van der Waals surface area contributed by atoms with Gasteiger partial charge in [0.05, 0.1) is 0 Å². The van der Waals surface area contributed by atoms with Gasteiger partial charge in [-0.25, -0.2) is 21.0 Å². The summed E-state index contributed by atoms with van der Waals surface area (Å²) < 4.78 is 0. The summed E-state index contributed by atoms with van der Waals surface area (Å²) in [5.74, 6) is 0. The van der Waals surface area contributed by atoms with E-state index in [0.29, 0.717) is 0 Å². The third-order valence-corrected chi connectivity index (χ3v) is 1.08. The summed E-state index contributed by atoms with van der Waals surface area (Å²) in [4.78, 5) is 9.84. The van der Waals surface area contributed by atoms with E-state index in [0.717, 1.165) is 24.7 Å². The van der Waals surface area contributed by atoms with Crippen LogP contribution in [0.25, 0.3) is 0 Å². The second-order valence-corrected chi connectivity index (χ2v) is 1.86. The fourth-order valence-electron chi connectivity index (χ4n) is 0.678. The first-order valence-electron chi connectivity index (χ1n) is 2.97. The molecule has 7 nitrogen and oxygen atoms in total. The molecule has 0 atom stereocenters. The fourth-order valence-corrected chi connectivity index (χ4v) is 0.678. The summed E-state index contributed by atoms with van der Waals surface area (Å²) in [6.45, 7) is 1.49. The Labute approximate surface area is 57.4 Å². The molecule has 0 aromatic heterocycles. The Morgan fingerprint density at radius 1 is 1.50 bits per heavy atom. The van der Waals surface area contributed by atoms with E-state index in [1.54, 1.807) is 0 Å². The van der Waals surface area contributed by atoms with Crippen molar-refractivity contribution in [1.82, 2.24) is 21.6 Å². The largest absolute Gasteiger partial charge is 0.234 e. The Balaban J connectivity index is 2.19. The monoisotopic (exact) mass is 147 g/mol. The highest BCUT2D eigenvalue weighted by atomic mass is 16.7. The molecule has 1 saturated heterocycles. The van der Waals surface area contributed by atoms with Crippen molar-refractivity contribution in [1.29, 1.82) is 0 Å². The number of hydrogen-bond acceptors (Lipinski definition) is 5. The molecule has 3 N–H and O–H groups in total. The van der Waals surface area contributed by atoms with Crippen LogP contribution in [0.3, 0.4) is 0 Å². The molecule has 0 amide bonds. The van der Waals surface area contributed by atoms with E-state index in [9.17, 15) is 10.1 Å². The first kappa shape index (κ1) is 7.19. The van der Waals surface area contributed by atoms with E-state index < -0.39 is 5.03 Å². The summed E-state index contributed by atoms with van der Waals surface area (Å²) in [5, 5.41) is 10.3. The molecule has 0 radical (unpaired) electrons. The van der Waals surface area contributed by atoms with Crippen LogP contribution in [-0.4, -0.2) is 23.3 Å². The Kier molecular flexibility index (Phi) is 2.37. The molecular formula is C3H9N5O2. The molecular weight excluding hydrogens is 138 g/mol. The highest BCUT2D eigenvalue weighted by molar-refractivity contribution is 4.49. The Morgan fingerprint density at radius 2 is 2.10 bits per heavy atom.